The molecule has 8 nitrogen and oxygen atoms in total. The van der Waals surface area contributed by atoms with Crippen molar-refractivity contribution in [3.63, 3.8) is 0 Å². The van der Waals surface area contributed by atoms with Crippen molar-refractivity contribution in [2.24, 2.45) is 17.8 Å². The zero-order valence-corrected chi connectivity index (χ0v) is 25.5. The lowest BCUT2D eigenvalue weighted by Gasteiger charge is -2.24. The number of ether oxygens (including phenoxy) is 2. The van der Waals surface area contributed by atoms with Crippen LogP contribution >= 0.6 is 11.3 Å². The molecule has 2 amide bonds. The van der Waals surface area contributed by atoms with Crippen LogP contribution in [0.25, 0.3) is 21.6 Å². The zero-order valence-electron chi connectivity index (χ0n) is 24.7. The van der Waals surface area contributed by atoms with E-state index in [1.807, 2.05) is 49.7 Å². The van der Waals surface area contributed by atoms with Gasteiger partial charge >= 0.3 is 0 Å². The first-order valence-corrected chi connectivity index (χ1v) is 15.6. The first-order valence-electron chi connectivity index (χ1n) is 14.7. The second-order valence-electron chi connectivity index (χ2n) is 11.4. The van der Waals surface area contributed by atoms with Crippen LogP contribution in [0.4, 0.5) is 0 Å². The molecule has 1 N–H and O–H groups in total. The molecule has 5 atom stereocenters. The number of nitrogens with zero attached hydrogens (tertiary/aromatic N) is 3. The molecule has 0 saturated heterocycles. The summed E-state index contributed by atoms with van der Waals surface area (Å²) in [6, 6.07) is 5.89. The van der Waals surface area contributed by atoms with Gasteiger partial charge in [0.1, 0.15) is 28.3 Å². The van der Waals surface area contributed by atoms with E-state index in [9.17, 15) is 9.59 Å². The summed E-state index contributed by atoms with van der Waals surface area (Å²) in [5.41, 5.74) is 2.40. The Balaban J connectivity index is 1.42. The lowest BCUT2D eigenvalue weighted by atomic mass is 9.93. The van der Waals surface area contributed by atoms with Gasteiger partial charge in [0.25, 0.3) is 0 Å². The van der Waals surface area contributed by atoms with Crippen LogP contribution in [0.2, 0.25) is 0 Å². The molecule has 42 heavy (non-hydrogen) atoms. The molecule has 2 aliphatic carbocycles. The van der Waals surface area contributed by atoms with E-state index in [4.69, 9.17) is 14.5 Å². The average molecular weight is 589 g/mol. The number of unbranched alkanes of at least 4 members (excludes halogenated alkanes) is 2. The van der Waals surface area contributed by atoms with Crippen LogP contribution in [0.15, 0.2) is 55.1 Å². The van der Waals surface area contributed by atoms with Gasteiger partial charge in [-0.25, -0.2) is 9.97 Å². The van der Waals surface area contributed by atoms with Crippen molar-refractivity contribution in [1.82, 2.24) is 20.2 Å². The number of allylic oxidation sites excluding steroid dienone is 1. The fourth-order valence-corrected chi connectivity index (χ4v) is 6.55. The largest absolute Gasteiger partial charge is 0.496 e. The van der Waals surface area contributed by atoms with Crippen LogP contribution in [-0.2, 0) is 9.59 Å². The summed E-state index contributed by atoms with van der Waals surface area (Å²) in [5.74, 6) is 0.731. The van der Waals surface area contributed by atoms with Gasteiger partial charge in [-0.15, -0.1) is 24.5 Å². The van der Waals surface area contributed by atoms with Gasteiger partial charge in [0.2, 0.25) is 11.8 Å². The predicted molar refractivity (Wildman–Crippen MR) is 167 cm³/mol. The highest BCUT2D eigenvalue weighted by molar-refractivity contribution is 7.13. The minimum absolute atomic E-state index is 0.000405. The lowest BCUT2D eigenvalue weighted by molar-refractivity contribution is -0.139. The van der Waals surface area contributed by atoms with Gasteiger partial charge < -0.3 is 19.7 Å². The number of amides is 2. The van der Waals surface area contributed by atoms with Gasteiger partial charge in [-0.1, -0.05) is 12.2 Å². The van der Waals surface area contributed by atoms with E-state index in [1.54, 1.807) is 18.2 Å². The number of thiazole rings is 1. The Bertz CT molecular complexity index is 1460. The molecule has 1 unspecified atom stereocenters. The molecular weight excluding hydrogens is 548 g/mol. The van der Waals surface area contributed by atoms with E-state index >= 15 is 0 Å². The van der Waals surface area contributed by atoms with E-state index in [1.165, 1.54) is 11.3 Å². The topological polar surface area (TPSA) is 93.7 Å². The molecule has 2 saturated carbocycles. The van der Waals surface area contributed by atoms with Crippen molar-refractivity contribution in [3.05, 3.63) is 60.6 Å². The van der Waals surface area contributed by atoms with Gasteiger partial charge in [0.15, 0.2) is 0 Å². The first kappa shape index (κ1) is 29.8. The smallest absolute Gasteiger partial charge is 0.226 e. The molecular formula is C33H40N4O4S. The number of aromatic nitrogens is 2. The molecule has 2 aromatic heterocycles. The summed E-state index contributed by atoms with van der Waals surface area (Å²) in [7, 11) is 3.48. The van der Waals surface area contributed by atoms with Crippen LogP contribution in [0.1, 0.15) is 44.1 Å². The number of pyridine rings is 1. The number of carbonyl (C=O) groups excluding carboxylic acids is 2. The highest BCUT2D eigenvalue weighted by atomic mass is 32.1. The number of methoxy groups -OCH3 is 1. The number of rotatable bonds is 13. The Morgan fingerprint density at radius 3 is 2.67 bits per heavy atom. The molecule has 0 bridgehead atoms. The maximum atomic E-state index is 13.7. The number of carbonyl (C=O) groups is 2. The molecule has 2 heterocycles. The van der Waals surface area contributed by atoms with Crippen LogP contribution in [-0.4, -0.2) is 59.5 Å². The molecule has 3 aromatic rings. The predicted octanol–water partition coefficient (Wildman–Crippen LogP) is 5.95. The maximum absolute atomic E-state index is 13.7. The number of aryl methyl sites for hydroxylation is 1. The Labute approximate surface area is 251 Å². The van der Waals surface area contributed by atoms with Crippen LogP contribution in [0, 0.1) is 24.7 Å². The van der Waals surface area contributed by atoms with Crippen molar-refractivity contribution in [3.8, 4) is 22.2 Å². The molecule has 222 valence electrons. The molecule has 2 aliphatic rings. The lowest BCUT2D eigenvalue weighted by Crippen LogP contribution is -2.41. The maximum Gasteiger partial charge on any atom is 0.226 e. The standard InChI is InChI=1S/C33H40N4O4S/c1-6-8-9-10-14-37(4)33(39)25-18-22(17-24(25)31(38)36-26-16-21(26)7-2)41-29-19-27(32-34-13-15-42-32)35-30-20(3)28(40-5)12-11-23(29)30/h6-7,11-13,15,19,21-22,24-26H,1-2,8-10,14,16-18H2,3-5H3,(H,36,38)/t21-,22-,24?,25-,26-/m1/s1. The number of hydrogen-bond acceptors (Lipinski definition) is 7. The second-order valence-corrected chi connectivity index (χ2v) is 12.2. The van der Waals surface area contributed by atoms with E-state index < -0.39 is 11.8 Å². The van der Waals surface area contributed by atoms with E-state index in [2.05, 4.69) is 23.5 Å². The normalized spacial score (nSPS) is 22.9. The van der Waals surface area contributed by atoms with Crippen molar-refractivity contribution in [2.45, 2.75) is 57.6 Å². The van der Waals surface area contributed by atoms with E-state index in [0.29, 0.717) is 36.7 Å². The Hall–Kier alpha value is -3.72. The van der Waals surface area contributed by atoms with Crippen molar-refractivity contribution < 1.29 is 19.1 Å². The van der Waals surface area contributed by atoms with Crippen LogP contribution in [0.5, 0.6) is 11.5 Å². The summed E-state index contributed by atoms with van der Waals surface area (Å²) >= 11 is 1.51. The number of hydrogen-bond donors (Lipinski definition) is 1. The third-order valence-electron chi connectivity index (χ3n) is 8.48. The number of fused-ring (bicyclic) bond motifs is 1. The summed E-state index contributed by atoms with van der Waals surface area (Å²) < 4.78 is 12.3. The van der Waals surface area contributed by atoms with Gasteiger partial charge in [-0.2, -0.15) is 0 Å². The molecule has 9 heteroatoms. The summed E-state index contributed by atoms with van der Waals surface area (Å²) in [6.45, 7) is 10.3. The SMILES string of the molecule is C=CCCCCN(C)C(=O)[C@@H]1C[C@H](Oc2cc(-c3nccs3)nc3c(C)c(OC)ccc23)CC1C(=O)N[C@@H]1C[C@H]1C=C. The summed E-state index contributed by atoms with van der Waals surface area (Å²) in [4.78, 5) is 38.4. The quantitative estimate of drug-likeness (QED) is 0.196. The van der Waals surface area contributed by atoms with Gasteiger partial charge in [0.05, 0.1) is 24.5 Å². The third-order valence-corrected chi connectivity index (χ3v) is 9.28. The minimum Gasteiger partial charge on any atom is -0.496 e. The highest BCUT2D eigenvalue weighted by Gasteiger charge is 2.47. The Kier molecular flexibility index (Phi) is 9.26. The second kappa shape index (κ2) is 13.1. The molecule has 0 spiro atoms. The Morgan fingerprint density at radius 1 is 1.17 bits per heavy atom. The first-order chi connectivity index (χ1) is 20.3. The van der Waals surface area contributed by atoms with Gasteiger partial charge in [0, 0.05) is 48.2 Å². The third kappa shape index (κ3) is 6.36. The average Bonchev–Trinajstić information content (AvgIpc) is 3.34. The van der Waals surface area contributed by atoms with Crippen molar-refractivity contribution in [2.75, 3.05) is 20.7 Å². The van der Waals surface area contributed by atoms with Gasteiger partial charge in [-0.3, -0.25) is 9.59 Å². The van der Waals surface area contributed by atoms with Crippen LogP contribution in [0.3, 0.4) is 0 Å². The van der Waals surface area contributed by atoms with E-state index in [-0.39, 0.29) is 24.0 Å². The highest BCUT2D eigenvalue weighted by Crippen LogP contribution is 2.41. The number of nitrogens with one attached hydrogen (secondary N) is 1. The van der Waals surface area contributed by atoms with E-state index in [0.717, 1.165) is 52.9 Å². The van der Waals surface area contributed by atoms with Crippen molar-refractivity contribution >= 4 is 34.1 Å². The monoisotopic (exact) mass is 588 g/mol. The van der Waals surface area contributed by atoms with Gasteiger partial charge in [-0.05, 0) is 63.5 Å². The zero-order chi connectivity index (χ0) is 29.8. The summed E-state index contributed by atoms with van der Waals surface area (Å²) in [6.07, 6.45) is 9.85. The van der Waals surface area contributed by atoms with Crippen molar-refractivity contribution in [1.29, 1.82) is 0 Å². The van der Waals surface area contributed by atoms with Crippen LogP contribution < -0.4 is 14.8 Å². The Morgan fingerprint density at radius 2 is 1.98 bits per heavy atom. The molecule has 5 rings (SSSR count). The molecule has 2 fully saturated rings. The molecule has 0 radical (unpaired) electrons. The number of benzene rings is 1. The minimum atomic E-state index is -0.461. The fraction of sp³-hybridized carbons (Fsp3) is 0.455. The fourth-order valence-electron chi connectivity index (χ4n) is 5.95. The summed E-state index contributed by atoms with van der Waals surface area (Å²) in [5, 5.41) is 6.73. The molecule has 0 aliphatic heterocycles. The molecule has 1 aromatic carbocycles.